The molecular weight excluding hydrogens is 497 g/mol. The molecule has 0 radical (unpaired) electrons. The molecule has 26 heteroatoms. The van der Waals surface area contributed by atoms with Gasteiger partial charge < -0.3 is 70.3 Å². The summed E-state index contributed by atoms with van der Waals surface area (Å²) in [7, 11) is -18.1. The van der Waals surface area contributed by atoms with E-state index < -0.39 is 45.9 Å². The van der Waals surface area contributed by atoms with Crippen LogP contribution < -0.4 is 48.0 Å². The molecule has 0 unspecified atom stereocenters. The van der Waals surface area contributed by atoms with Crippen molar-refractivity contribution < 1.29 is 70.3 Å². The largest absolute Gasteiger partial charge is 2.00 e. The summed E-state index contributed by atoms with van der Waals surface area (Å²) in [5.74, 6) is 0. The van der Waals surface area contributed by atoms with Crippen LogP contribution in [0, 0.1) is 0 Å². The van der Waals surface area contributed by atoms with Gasteiger partial charge in [-0.3, -0.25) is 0 Å². The molecule has 0 aromatic carbocycles. The van der Waals surface area contributed by atoms with Crippen LogP contribution in [0.2, 0.25) is 0 Å². The van der Waals surface area contributed by atoms with Crippen molar-refractivity contribution in [2.24, 2.45) is 0 Å². The monoisotopic (exact) mass is 498 g/mol. The Morgan fingerprint density at radius 3 is 0.346 bits per heavy atom. The van der Waals surface area contributed by atoms with Crippen LogP contribution in [0.25, 0.3) is 0 Å². The molecule has 0 amide bonds. The third-order valence-electron chi connectivity index (χ3n) is 0. The molecule has 0 spiro atoms. The van der Waals surface area contributed by atoms with Crippen LogP contribution in [-0.2, 0) is 22.3 Å². The molecule has 0 fully saturated rings. The van der Waals surface area contributed by atoms with Gasteiger partial charge in [-0.25, -0.2) is 0 Å². The molecule has 0 heterocycles. The van der Waals surface area contributed by atoms with E-state index in [0.29, 0.717) is 0 Å². The van der Waals surface area contributed by atoms with E-state index in [1.807, 2.05) is 0 Å². The van der Waals surface area contributed by atoms with Gasteiger partial charge in [0.25, 0.3) is 0 Å². The van der Waals surface area contributed by atoms with Crippen LogP contribution in [0.4, 0.5) is 0 Å². The van der Waals surface area contributed by atoms with Crippen LogP contribution >= 0.6 is 0 Å². The quantitative estimate of drug-likeness (QED) is 0.279. The van der Waals surface area contributed by atoms with Crippen LogP contribution in [0.15, 0.2) is 0 Å². The molecule has 0 aliphatic carbocycles. The molecule has 0 bridgehead atoms. The van der Waals surface area contributed by atoms with Gasteiger partial charge in [-0.1, -0.05) is 0 Å². The first-order valence-corrected chi connectivity index (χ1v) is 9.19. The summed E-state index contributed by atoms with van der Waals surface area (Å²) in [4.78, 5) is 85.2. The smallest absolute Gasteiger partial charge is 2.00 e. The fraction of sp³-hybridized carbons (Fsp3) is 0. The van der Waals surface area contributed by atoms with Gasteiger partial charge in [0, 0.05) is 45.9 Å². The minimum atomic E-state index is -3.63. The summed E-state index contributed by atoms with van der Waals surface area (Å²) in [5, 5.41) is 0. The normalized spacial score (nSPS) is 4.62. The fourth-order valence-corrected chi connectivity index (χ4v) is 0. The minimum absolute atomic E-state index is 0. The van der Waals surface area contributed by atoms with Crippen molar-refractivity contribution in [1.82, 2.24) is 0 Å². The number of rotatable bonds is 0. The van der Waals surface area contributed by atoms with Gasteiger partial charge >= 0.3 is 119 Å². The maximum Gasteiger partial charge on any atom is 2.00 e. The zero-order valence-corrected chi connectivity index (χ0v) is 21.3. The van der Waals surface area contributed by atoms with Gasteiger partial charge in [0.1, 0.15) is 0 Å². The van der Waals surface area contributed by atoms with Crippen molar-refractivity contribution in [3.8, 4) is 0 Å². The molecule has 26 heavy (non-hydrogen) atoms. The molecule has 124 valence electrons. The average Bonchev–Trinajstić information content (AvgIpc) is 1.94. The second-order valence-corrected chi connectivity index (χ2v) is 3.75. The first kappa shape index (κ1) is 70.7. The Balaban J connectivity index is -0.0000000114. The fourth-order valence-electron chi connectivity index (χ4n) is 0. The Hall–Kier alpha value is 1.88. The molecule has 0 N–H and O–H groups in total. The Morgan fingerprint density at radius 2 is 0.346 bits per heavy atom. The van der Waals surface area contributed by atoms with Crippen molar-refractivity contribution in [1.29, 1.82) is 0 Å². The van der Waals surface area contributed by atoms with E-state index in [4.69, 9.17) is 70.3 Å². The van der Waals surface area contributed by atoms with E-state index in [2.05, 4.69) is 0 Å². The minimum Gasteiger partial charge on any atom is 2.00 e. The topological polar surface area (TPSA) is 316 Å². The van der Waals surface area contributed by atoms with E-state index >= 15 is 0 Å². The third kappa shape index (κ3) is 4550. The molecule has 0 atom stereocenters. The van der Waals surface area contributed by atoms with Crippen LogP contribution in [0.1, 0.15) is 0 Å². The predicted molar refractivity (Wildman–Crippen MR) is 69.5 cm³/mol. The van der Waals surface area contributed by atoms with E-state index in [1.54, 1.807) is 0 Å². The van der Waals surface area contributed by atoms with E-state index in [9.17, 15) is 0 Å². The molecule has 15 nitrogen and oxygen atoms in total. The molecule has 0 saturated carbocycles. The molecule has 0 aliphatic heterocycles. The first-order valence-electron chi connectivity index (χ1n) is 3.06. The van der Waals surface area contributed by atoms with Crippen LogP contribution in [-0.4, -0.2) is 164 Å². The van der Waals surface area contributed by atoms with E-state index in [-0.39, 0.29) is 119 Å². The maximum atomic E-state index is 8.52. The van der Waals surface area contributed by atoms with Crippen molar-refractivity contribution in [2.75, 3.05) is 0 Å². The van der Waals surface area contributed by atoms with Crippen molar-refractivity contribution >= 4 is 164 Å². The van der Waals surface area contributed by atoms with Crippen molar-refractivity contribution in [3.63, 3.8) is 0 Å². The van der Waals surface area contributed by atoms with Crippen LogP contribution in [0.5, 0.6) is 0 Å². The van der Waals surface area contributed by atoms with Gasteiger partial charge in [0.15, 0.2) is 0 Å². The SMILES string of the molecule is O=[Si]([O-])[O-].O=[Si]([O-])[O-].O=[Si]([O-])[O-].O=[Si]([O-])[O-].O=[Si]([O-])[O-].[Al+3].[Al+3].[LiH].[LiH].[Mg+2].[Mg+2]. The van der Waals surface area contributed by atoms with Gasteiger partial charge in [-0.15, -0.1) is 0 Å². The Bertz CT molecular complexity index is 231. The predicted octanol–water partition coefficient (Wildman–Crippen LogP) is -17.2. The second kappa shape index (κ2) is 63.2. The molecule has 0 rings (SSSR count). The van der Waals surface area contributed by atoms with Gasteiger partial charge in [-0.2, -0.15) is 0 Å². The molecule has 0 aromatic rings. The standard InChI is InChI=1S/2Al.2Li.2Mg.5O3Si.2H/c;;;;;;5*1-4(2)3;;/q2*+3;;;2*+2;5*-2;;. The molecule has 0 aliphatic rings. The Morgan fingerprint density at radius 1 is 0.346 bits per heavy atom. The van der Waals surface area contributed by atoms with Gasteiger partial charge in [0.05, 0.1) is 0 Å². The van der Waals surface area contributed by atoms with Crippen LogP contribution in [0.3, 0.4) is 0 Å². The van der Waals surface area contributed by atoms with Gasteiger partial charge in [-0.05, 0) is 0 Å². The summed E-state index contributed by atoms with van der Waals surface area (Å²) < 4.78 is 42.6. The third-order valence-corrected chi connectivity index (χ3v) is 0. The maximum absolute atomic E-state index is 8.52. The van der Waals surface area contributed by atoms with Crippen molar-refractivity contribution in [3.05, 3.63) is 0 Å². The molecule has 0 saturated heterocycles. The average molecular weight is 499 g/mol. The zero-order chi connectivity index (χ0) is 17.9. The molecular formula is H2Al2Li2Mg2O15Si5. The summed E-state index contributed by atoms with van der Waals surface area (Å²) in [6.07, 6.45) is 0. The van der Waals surface area contributed by atoms with Gasteiger partial charge in [0.2, 0.25) is 0 Å². The zero-order valence-electron chi connectivity index (χ0n) is 11.2. The summed E-state index contributed by atoms with van der Waals surface area (Å²) in [6.45, 7) is 0. The summed E-state index contributed by atoms with van der Waals surface area (Å²) in [6, 6.07) is 0. The summed E-state index contributed by atoms with van der Waals surface area (Å²) in [5.41, 5.74) is 0. The first-order chi connectivity index (χ1) is 8.66. The number of hydrogen-bond donors (Lipinski definition) is 0. The number of hydrogen-bond acceptors (Lipinski definition) is 15. The van der Waals surface area contributed by atoms with E-state index in [0.717, 1.165) is 0 Å². The molecule has 0 aromatic heterocycles. The second-order valence-electron chi connectivity index (χ2n) is 1.25. The van der Waals surface area contributed by atoms with Crippen molar-refractivity contribution in [2.45, 2.75) is 0 Å². The Kier molecular flexibility index (Phi) is 172. The van der Waals surface area contributed by atoms with E-state index in [1.165, 1.54) is 0 Å². The summed E-state index contributed by atoms with van der Waals surface area (Å²) >= 11 is 0. The Labute approximate surface area is 231 Å².